The van der Waals surface area contributed by atoms with Gasteiger partial charge in [-0.2, -0.15) is 0 Å². The lowest BCUT2D eigenvalue weighted by Crippen LogP contribution is -2.19. The third-order valence-corrected chi connectivity index (χ3v) is 2.58. The van der Waals surface area contributed by atoms with Crippen molar-refractivity contribution < 1.29 is 4.74 Å². The van der Waals surface area contributed by atoms with Crippen LogP contribution in [-0.4, -0.2) is 26.8 Å². The average molecular weight is 197 g/mol. The summed E-state index contributed by atoms with van der Waals surface area (Å²) in [5.74, 6) is 1.07. The Morgan fingerprint density at radius 3 is 2.71 bits per heavy atom. The summed E-state index contributed by atoms with van der Waals surface area (Å²) >= 11 is 0. The molecule has 1 aliphatic rings. The van der Waals surface area contributed by atoms with Crippen molar-refractivity contribution in [1.29, 1.82) is 0 Å². The van der Waals surface area contributed by atoms with E-state index in [1.165, 1.54) is 25.7 Å². The molecule has 2 heteroatoms. The maximum absolute atomic E-state index is 4.94. The van der Waals surface area contributed by atoms with Gasteiger partial charge in [-0.3, -0.25) is 0 Å². The Morgan fingerprint density at radius 2 is 2.00 bits per heavy atom. The summed E-state index contributed by atoms with van der Waals surface area (Å²) in [5.41, 5.74) is 0. The number of methoxy groups -OCH3 is 1. The monoisotopic (exact) mass is 197 g/mol. The zero-order chi connectivity index (χ0) is 10.1. The Labute approximate surface area is 87.7 Å². The Balaban J connectivity index is 1.73. The second kappa shape index (κ2) is 8.01. The predicted molar refractivity (Wildman–Crippen MR) is 60.5 cm³/mol. The molecular formula is C12H23NO. The second-order valence-corrected chi connectivity index (χ2v) is 4.02. The van der Waals surface area contributed by atoms with Gasteiger partial charge in [0.1, 0.15) is 0 Å². The zero-order valence-corrected chi connectivity index (χ0v) is 9.30. The molecule has 0 aromatic heterocycles. The summed E-state index contributed by atoms with van der Waals surface area (Å²) in [4.78, 5) is 0. The van der Waals surface area contributed by atoms with Crippen molar-refractivity contribution in [1.82, 2.24) is 5.32 Å². The first-order valence-electron chi connectivity index (χ1n) is 5.78. The first kappa shape index (κ1) is 11.7. The van der Waals surface area contributed by atoms with E-state index in [0.29, 0.717) is 0 Å². The summed E-state index contributed by atoms with van der Waals surface area (Å²) in [6.07, 6.45) is 11.4. The molecule has 0 aromatic carbocycles. The van der Waals surface area contributed by atoms with Crippen molar-refractivity contribution in [2.75, 3.05) is 26.8 Å². The van der Waals surface area contributed by atoms with Gasteiger partial charge in [0.2, 0.25) is 0 Å². The highest BCUT2D eigenvalue weighted by Crippen LogP contribution is 2.33. The van der Waals surface area contributed by atoms with E-state index >= 15 is 0 Å². The van der Waals surface area contributed by atoms with Crippen molar-refractivity contribution >= 4 is 0 Å². The highest BCUT2D eigenvalue weighted by Gasteiger charge is 2.19. The van der Waals surface area contributed by atoms with Crippen LogP contribution >= 0.6 is 0 Å². The van der Waals surface area contributed by atoms with Crippen LogP contribution in [0, 0.1) is 5.92 Å². The number of nitrogens with one attached hydrogen (secondary N) is 1. The van der Waals surface area contributed by atoms with Gasteiger partial charge in [0, 0.05) is 13.7 Å². The highest BCUT2D eigenvalue weighted by atomic mass is 16.5. The molecule has 0 bridgehead atoms. The summed E-state index contributed by atoms with van der Waals surface area (Å²) in [6.45, 7) is 2.85. The van der Waals surface area contributed by atoms with E-state index in [9.17, 15) is 0 Å². The Bertz CT molecular complexity index is 152. The fourth-order valence-corrected chi connectivity index (χ4v) is 1.46. The number of hydrogen-bond donors (Lipinski definition) is 1. The van der Waals surface area contributed by atoms with Gasteiger partial charge in [-0.25, -0.2) is 0 Å². The van der Waals surface area contributed by atoms with Gasteiger partial charge in [-0.1, -0.05) is 25.0 Å². The SMILES string of the molecule is COCCNCCC=CCCC1CC1. The van der Waals surface area contributed by atoms with Gasteiger partial charge in [0.15, 0.2) is 0 Å². The fraction of sp³-hybridized carbons (Fsp3) is 0.833. The van der Waals surface area contributed by atoms with Crippen LogP contribution in [-0.2, 0) is 4.74 Å². The van der Waals surface area contributed by atoms with E-state index in [1.807, 2.05) is 0 Å². The molecule has 14 heavy (non-hydrogen) atoms. The van der Waals surface area contributed by atoms with Gasteiger partial charge >= 0.3 is 0 Å². The molecule has 0 saturated heterocycles. The van der Waals surface area contributed by atoms with E-state index in [-0.39, 0.29) is 0 Å². The standard InChI is InChI=1S/C12H23NO/c1-14-11-10-13-9-5-3-2-4-6-12-7-8-12/h2-3,12-13H,4-11H2,1H3. The first-order valence-corrected chi connectivity index (χ1v) is 5.78. The van der Waals surface area contributed by atoms with Crippen LogP contribution in [0.25, 0.3) is 0 Å². The minimum Gasteiger partial charge on any atom is -0.383 e. The third-order valence-electron chi connectivity index (χ3n) is 2.58. The van der Waals surface area contributed by atoms with Crippen LogP contribution in [0.5, 0.6) is 0 Å². The van der Waals surface area contributed by atoms with Crippen LogP contribution in [0.1, 0.15) is 32.1 Å². The minimum atomic E-state index is 0.811. The molecule has 2 nitrogen and oxygen atoms in total. The minimum absolute atomic E-state index is 0.811. The van der Waals surface area contributed by atoms with Gasteiger partial charge < -0.3 is 10.1 Å². The average Bonchev–Trinajstić information content (AvgIpc) is 2.99. The molecule has 0 heterocycles. The molecule has 1 fully saturated rings. The maximum Gasteiger partial charge on any atom is 0.0587 e. The van der Waals surface area contributed by atoms with E-state index in [4.69, 9.17) is 4.74 Å². The van der Waals surface area contributed by atoms with Crippen molar-refractivity contribution in [3.63, 3.8) is 0 Å². The van der Waals surface area contributed by atoms with Gasteiger partial charge in [-0.15, -0.1) is 0 Å². The molecule has 0 aliphatic heterocycles. The van der Waals surface area contributed by atoms with Crippen molar-refractivity contribution in [3.8, 4) is 0 Å². The topological polar surface area (TPSA) is 21.3 Å². The molecule has 0 amide bonds. The van der Waals surface area contributed by atoms with Gasteiger partial charge in [0.05, 0.1) is 6.61 Å². The molecule has 1 rings (SSSR count). The number of rotatable bonds is 9. The van der Waals surface area contributed by atoms with Gasteiger partial charge in [-0.05, 0) is 31.7 Å². The van der Waals surface area contributed by atoms with Crippen LogP contribution in [0.4, 0.5) is 0 Å². The largest absolute Gasteiger partial charge is 0.383 e. The summed E-state index contributed by atoms with van der Waals surface area (Å²) in [6, 6.07) is 0. The van der Waals surface area contributed by atoms with Crippen LogP contribution in [0.15, 0.2) is 12.2 Å². The third kappa shape index (κ3) is 7.10. The summed E-state index contributed by atoms with van der Waals surface area (Å²) in [5, 5.41) is 3.32. The van der Waals surface area contributed by atoms with Crippen molar-refractivity contribution in [2.45, 2.75) is 32.1 Å². The molecule has 0 radical (unpaired) electrons. The quantitative estimate of drug-likeness (QED) is 0.452. The lowest BCUT2D eigenvalue weighted by Gasteiger charge is -2.00. The first-order chi connectivity index (χ1) is 6.93. The highest BCUT2D eigenvalue weighted by molar-refractivity contribution is 4.85. The van der Waals surface area contributed by atoms with E-state index in [2.05, 4.69) is 17.5 Å². The van der Waals surface area contributed by atoms with Gasteiger partial charge in [0.25, 0.3) is 0 Å². The van der Waals surface area contributed by atoms with E-state index in [1.54, 1.807) is 7.11 Å². The maximum atomic E-state index is 4.94. The molecule has 1 aliphatic carbocycles. The smallest absolute Gasteiger partial charge is 0.0587 e. The number of allylic oxidation sites excluding steroid dienone is 1. The number of ether oxygens (including phenoxy) is 1. The van der Waals surface area contributed by atoms with Crippen LogP contribution < -0.4 is 5.32 Å². The summed E-state index contributed by atoms with van der Waals surface area (Å²) in [7, 11) is 1.74. The van der Waals surface area contributed by atoms with Crippen LogP contribution in [0.3, 0.4) is 0 Å². The lowest BCUT2D eigenvalue weighted by molar-refractivity contribution is 0.199. The number of hydrogen-bond acceptors (Lipinski definition) is 2. The van der Waals surface area contributed by atoms with E-state index < -0.39 is 0 Å². The molecular weight excluding hydrogens is 174 g/mol. The molecule has 0 atom stereocenters. The Kier molecular flexibility index (Phi) is 6.71. The molecule has 0 spiro atoms. The fourth-order valence-electron chi connectivity index (χ4n) is 1.46. The lowest BCUT2D eigenvalue weighted by atomic mass is 10.2. The molecule has 1 saturated carbocycles. The normalized spacial score (nSPS) is 16.6. The van der Waals surface area contributed by atoms with Crippen molar-refractivity contribution in [2.24, 2.45) is 5.92 Å². The zero-order valence-electron chi connectivity index (χ0n) is 9.30. The van der Waals surface area contributed by atoms with Crippen LogP contribution in [0.2, 0.25) is 0 Å². The molecule has 0 aromatic rings. The Morgan fingerprint density at radius 1 is 1.21 bits per heavy atom. The van der Waals surface area contributed by atoms with Crippen molar-refractivity contribution in [3.05, 3.63) is 12.2 Å². The van der Waals surface area contributed by atoms with E-state index in [0.717, 1.165) is 32.0 Å². The molecule has 82 valence electrons. The predicted octanol–water partition coefficient (Wildman–Crippen LogP) is 2.36. The molecule has 1 N–H and O–H groups in total. The summed E-state index contributed by atoms with van der Waals surface area (Å²) < 4.78 is 4.94. The second-order valence-electron chi connectivity index (χ2n) is 4.02. The molecule has 0 unspecified atom stereocenters. The Hall–Kier alpha value is -0.340.